The van der Waals surface area contributed by atoms with Crippen molar-refractivity contribution < 1.29 is 13.9 Å². The molecule has 0 saturated carbocycles. The molecule has 0 bridgehead atoms. The number of ether oxygens (including phenoxy) is 2. The molecule has 7 nitrogen and oxygen atoms in total. The van der Waals surface area contributed by atoms with Gasteiger partial charge in [-0.05, 0) is 75.6 Å². The minimum Gasteiger partial charge on any atom is -0.493 e. The van der Waals surface area contributed by atoms with E-state index in [1.165, 1.54) is 4.68 Å². The Morgan fingerprint density at radius 2 is 1.80 bits per heavy atom. The number of aromatic nitrogens is 2. The van der Waals surface area contributed by atoms with Crippen LogP contribution in [0.25, 0.3) is 33.5 Å². The van der Waals surface area contributed by atoms with E-state index >= 15 is 0 Å². The lowest BCUT2D eigenvalue weighted by molar-refractivity contribution is 0.282. The van der Waals surface area contributed by atoms with Gasteiger partial charge in [0.1, 0.15) is 12.2 Å². The van der Waals surface area contributed by atoms with Crippen LogP contribution in [-0.4, -0.2) is 23.0 Å². The highest BCUT2D eigenvalue weighted by molar-refractivity contribution is 9.10. The molecule has 0 fully saturated rings. The van der Waals surface area contributed by atoms with Crippen molar-refractivity contribution in [3.8, 4) is 23.1 Å². The smallest absolute Gasteiger partial charge is 0.282 e. The van der Waals surface area contributed by atoms with E-state index in [1.807, 2.05) is 66.7 Å². The molecule has 198 valence electrons. The summed E-state index contributed by atoms with van der Waals surface area (Å²) in [5, 5.41) is 6.56. The van der Waals surface area contributed by atoms with Gasteiger partial charge in [0.15, 0.2) is 17.3 Å². The van der Waals surface area contributed by atoms with E-state index in [2.05, 4.69) is 21.0 Å². The average Bonchev–Trinajstić information content (AvgIpc) is 3.41. The van der Waals surface area contributed by atoms with Crippen LogP contribution in [0.5, 0.6) is 11.5 Å². The highest BCUT2D eigenvalue weighted by atomic mass is 79.9. The fraction of sp³-hybridized carbons (Fsp3) is 0.0645. The van der Waals surface area contributed by atoms with Crippen LogP contribution in [0.2, 0.25) is 5.02 Å². The third-order valence-electron chi connectivity index (χ3n) is 6.27. The maximum absolute atomic E-state index is 13.5. The molecule has 0 aliphatic heterocycles. The third kappa shape index (κ3) is 5.11. The van der Waals surface area contributed by atoms with E-state index in [-0.39, 0.29) is 5.56 Å². The zero-order valence-corrected chi connectivity index (χ0v) is 23.5. The summed E-state index contributed by atoms with van der Waals surface area (Å²) in [5.41, 5.74) is 2.58. The van der Waals surface area contributed by atoms with Gasteiger partial charge in [-0.3, -0.25) is 4.79 Å². The zero-order chi connectivity index (χ0) is 27.6. The van der Waals surface area contributed by atoms with Gasteiger partial charge in [-0.15, -0.1) is 0 Å². The molecule has 0 unspecified atom stereocenters. The van der Waals surface area contributed by atoms with Crippen molar-refractivity contribution >= 4 is 55.6 Å². The molecule has 0 amide bonds. The van der Waals surface area contributed by atoms with Gasteiger partial charge in [-0.2, -0.15) is 9.78 Å². The molecule has 9 heteroatoms. The largest absolute Gasteiger partial charge is 0.493 e. The summed E-state index contributed by atoms with van der Waals surface area (Å²) in [6, 6.07) is 27.7. The number of halogens is 2. The lowest BCUT2D eigenvalue weighted by Crippen LogP contribution is -2.20. The first-order valence-electron chi connectivity index (χ1n) is 12.3. The lowest BCUT2D eigenvalue weighted by atomic mass is 10.2. The molecular formula is C31H21BrClN3O4. The number of hydrogen-bond acceptors (Lipinski definition) is 6. The number of furan rings is 1. The minimum absolute atomic E-state index is 0.296. The van der Waals surface area contributed by atoms with Crippen LogP contribution < -0.4 is 15.0 Å². The maximum atomic E-state index is 13.5. The molecule has 0 spiro atoms. The second-order valence-corrected chi connectivity index (χ2v) is 10.2. The summed E-state index contributed by atoms with van der Waals surface area (Å²) < 4.78 is 19.6. The summed E-state index contributed by atoms with van der Waals surface area (Å²) in [6.45, 7) is 0.332. The molecule has 2 aromatic heterocycles. The monoisotopic (exact) mass is 613 g/mol. The number of methoxy groups -OCH3 is 1. The maximum Gasteiger partial charge on any atom is 0.282 e. The van der Waals surface area contributed by atoms with E-state index in [0.717, 1.165) is 10.9 Å². The van der Waals surface area contributed by atoms with E-state index in [9.17, 15) is 4.79 Å². The van der Waals surface area contributed by atoms with Crippen molar-refractivity contribution in [3.05, 3.63) is 122 Å². The molecule has 6 aromatic rings. The van der Waals surface area contributed by atoms with Gasteiger partial charge in [0.25, 0.3) is 5.56 Å². The van der Waals surface area contributed by atoms with Crippen molar-refractivity contribution in [2.75, 3.05) is 7.11 Å². The van der Waals surface area contributed by atoms with Gasteiger partial charge < -0.3 is 13.9 Å². The Labute approximate surface area is 242 Å². The van der Waals surface area contributed by atoms with Gasteiger partial charge >= 0.3 is 0 Å². The van der Waals surface area contributed by atoms with Gasteiger partial charge in [-0.1, -0.05) is 54.1 Å². The Hall–Kier alpha value is -4.40. The molecule has 0 aliphatic carbocycles. The van der Waals surface area contributed by atoms with Crippen LogP contribution in [0.15, 0.2) is 110 Å². The highest BCUT2D eigenvalue weighted by Crippen LogP contribution is 2.37. The Bertz CT molecular complexity index is 1910. The summed E-state index contributed by atoms with van der Waals surface area (Å²) >= 11 is 9.57. The SMILES string of the molecule is COc1cc(C=Nn2c(-c3cc4ccccc4o3)nc3ccccc3c2=O)cc(Br)c1OCc1ccc(Cl)cc1. The molecule has 40 heavy (non-hydrogen) atoms. The molecule has 0 atom stereocenters. The number of para-hydroxylation sites is 2. The second-order valence-electron chi connectivity index (χ2n) is 8.91. The molecule has 4 aromatic carbocycles. The van der Waals surface area contributed by atoms with Gasteiger partial charge in [0.2, 0.25) is 5.82 Å². The minimum atomic E-state index is -0.314. The van der Waals surface area contributed by atoms with Crippen LogP contribution >= 0.6 is 27.5 Å². The fourth-order valence-corrected chi connectivity index (χ4v) is 5.00. The first-order valence-corrected chi connectivity index (χ1v) is 13.5. The second kappa shape index (κ2) is 11.0. The van der Waals surface area contributed by atoms with E-state index in [4.69, 9.17) is 30.5 Å². The van der Waals surface area contributed by atoms with Crippen LogP contribution in [0.1, 0.15) is 11.1 Å². The van der Waals surface area contributed by atoms with Crippen LogP contribution in [-0.2, 0) is 6.61 Å². The fourth-order valence-electron chi connectivity index (χ4n) is 4.30. The van der Waals surface area contributed by atoms with Crippen molar-refractivity contribution in [1.82, 2.24) is 9.66 Å². The van der Waals surface area contributed by atoms with Crippen LogP contribution in [0, 0.1) is 0 Å². The first kappa shape index (κ1) is 25.9. The molecule has 0 aliphatic rings. The molecule has 0 radical (unpaired) electrons. The van der Waals surface area contributed by atoms with Crippen molar-refractivity contribution in [3.63, 3.8) is 0 Å². The number of nitrogens with zero attached hydrogens (tertiary/aromatic N) is 3. The number of rotatable bonds is 7. The molecule has 2 heterocycles. The van der Waals surface area contributed by atoms with E-state index in [1.54, 1.807) is 37.6 Å². The van der Waals surface area contributed by atoms with Crippen molar-refractivity contribution in [2.24, 2.45) is 5.10 Å². The Kier molecular flexibility index (Phi) is 7.11. The van der Waals surface area contributed by atoms with Gasteiger partial charge in [0, 0.05) is 10.4 Å². The summed E-state index contributed by atoms with van der Waals surface area (Å²) in [7, 11) is 1.56. The quantitative estimate of drug-likeness (QED) is 0.172. The predicted octanol–water partition coefficient (Wildman–Crippen LogP) is 7.70. The number of hydrogen-bond donors (Lipinski definition) is 0. The van der Waals surface area contributed by atoms with Gasteiger partial charge in [-0.25, -0.2) is 4.98 Å². The van der Waals surface area contributed by atoms with Gasteiger partial charge in [0.05, 0.1) is 28.7 Å². The van der Waals surface area contributed by atoms with E-state index < -0.39 is 0 Å². The van der Waals surface area contributed by atoms with Crippen LogP contribution in [0.3, 0.4) is 0 Å². The molecular weight excluding hydrogens is 594 g/mol. The van der Waals surface area contributed by atoms with E-state index in [0.29, 0.717) is 61.2 Å². The number of benzene rings is 4. The normalized spacial score (nSPS) is 11.5. The Balaban J connectivity index is 1.39. The Morgan fingerprint density at radius 3 is 2.60 bits per heavy atom. The first-order chi connectivity index (χ1) is 19.5. The lowest BCUT2D eigenvalue weighted by Gasteiger charge is -2.14. The molecule has 0 N–H and O–H groups in total. The molecule has 0 saturated heterocycles. The zero-order valence-electron chi connectivity index (χ0n) is 21.2. The average molecular weight is 615 g/mol. The summed E-state index contributed by atoms with van der Waals surface area (Å²) in [5.74, 6) is 1.78. The van der Waals surface area contributed by atoms with Crippen molar-refractivity contribution in [2.45, 2.75) is 6.61 Å². The standard InChI is InChI=1S/C31H21BrClN3O4/c1-38-27-15-20(14-24(32)29(27)39-18-19-10-12-22(33)13-11-19)17-34-36-30(28-16-21-6-2-5-9-26(21)40-28)35-25-8-4-3-7-23(25)31(36)37/h2-17H,18H2,1H3. The number of fused-ring (bicyclic) bond motifs is 2. The highest BCUT2D eigenvalue weighted by Gasteiger charge is 2.17. The third-order valence-corrected chi connectivity index (χ3v) is 7.11. The van der Waals surface area contributed by atoms with Crippen LogP contribution in [0.4, 0.5) is 0 Å². The topological polar surface area (TPSA) is 78.9 Å². The summed E-state index contributed by atoms with van der Waals surface area (Å²) in [4.78, 5) is 18.3. The Morgan fingerprint density at radius 1 is 1.02 bits per heavy atom. The summed E-state index contributed by atoms with van der Waals surface area (Å²) in [6.07, 6.45) is 1.57. The van der Waals surface area contributed by atoms with Crippen molar-refractivity contribution in [1.29, 1.82) is 0 Å². The predicted molar refractivity (Wildman–Crippen MR) is 161 cm³/mol. The molecule has 6 rings (SSSR count).